The minimum atomic E-state index is -1.91. The van der Waals surface area contributed by atoms with Gasteiger partial charge in [-0.3, -0.25) is 28.9 Å². The summed E-state index contributed by atoms with van der Waals surface area (Å²) in [6, 6.07) is 0.0328. The zero-order valence-electron chi connectivity index (χ0n) is 28.7. The molecule has 4 N–H and O–H groups in total. The number of ether oxygens (including phenoxy) is 1. The molecule has 0 aromatic carbocycles. The minimum Gasteiger partial charge on any atom is -0.543 e. The van der Waals surface area contributed by atoms with Crippen LogP contribution in [0.15, 0.2) is 38.9 Å². The van der Waals surface area contributed by atoms with Crippen molar-refractivity contribution in [2.75, 3.05) is 31.7 Å². The number of nitrogens with zero attached hydrogens (tertiary/aromatic N) is 4. The van der Waals surface area contributed by atoms with Gasteiger partial charge >= 0.3 is 5.97 Å². The van der Waals surface area contributed by atoms with Crippen LogP contribution in [-0.2, 0) is 44.9 Å². The molecule has 0 radical (unpaired) electrons. The van der Waals surface area contributed by atoms with Crippen molar-refractivity contribution < 1.29 is 53.0 Å². The van der Waals surface area contributed by atoms with E-state index >= 15 is 0 Å². The fourth-order valence-electron chi connectivity index (χ4n) is 5.11. The monoisotopic (exact) mass is 747 g/mol. The average Bonchev–Trinajstić information content (AvgIpc) is 3.48. The van der Waals surface area contributed by atoms with Crippen molar-refractivity contribution in [3.63, 3.8) is 0 Å². The standard InChI is InChI=1S/C31H37N7O11S2/c1-30(2,3)48-28(47)23(42)31(4,5)49-36-20(17-13-51-29(34-17)33-14-39)24(43)35-21-25(44)37-22(27(45)46)15(12-50-26(21)37)10-38(6,7)11-16-8-18(40)19(41)9-32-16/h8-9,13-14,21,26H,10-12H2,1-7H3,(H4-,32,33,34,35,36,39,40,41,42,43,45,46,47)/t21-,26-/m1/s1. The van der Waals surface area contributed by atoms with Crippen LogP contribution >= 0.6 is 23.1 Å². The number of carbonyl (C=O) groups is 6. The SMILES string of the molecule is CC(C)(C)OC(=O)C(=O)C(C)(C)O/N=C(/C(=O)N[C@@H]1C(=O)N2C(C(=O)[O-])=C(C[N+](C)(C)Cc3cc(=O)c(O)c[nH]3)CS[C@H]12)c1csc(NC=O)n1. The number of nitrogens with one attached hydrogen (secondary N) is 3. The number of pyridine rings is 1. The van der Waals surface area contributed by atoms with Gasteiger partial charge in [-0.05, 0) is 34.6 Å². The van der Waals surface area contributed by atoms with Crippen molar-refractivity contribution in [3.05, 3.63) is 50.5 Å². The summed E-state index contributed by atoms with van der Waals surface area (Å²) < 4.78 is 5.29. The summed E-state index contributed by atoms with van der Waals surface area (Å²) in [5, 5.41) is 31.3. The van der Waals surface area contributed by atoms with Gasteiger partial charge in [0.2, 0.25) is 17.4 Å². The van der Waals surface area contributed by atoms with E-state index in [2.05, 4.69) is 25.8 Å². The number of aromatic nitrogens is 2. The first-order chi connectivity index (χ1) is 23.6. The summed E-state index contributed by atoms with van der Waals surface area (Å²) in [6.45, 7) is 7.60. The number of H-pyrrole nitrogens is 1. The average molecular weight is 748 g/mol. The Morgan fingerprint density at radius 1 is 1.20 bits per heavy atom. The van der Waals surface area contributed by atoms with E-state index < -0.39 is 69.0 Å². The Kier molecular flexibility index (Phi) is 11.1. The molecular formula is C31H37N7O11S2. The predicted molar refractivity (Wildman–Crippen MR) is 181 cm³/mol. The van der Waals surface area contributed by atoms with Crippen LogP contribution < -0.4 is 21.2 Å². The van der Waals surface area contributed by atoms with Crippen LogP contribution in [0, 0.1) is 0 Å². The normalized spacial score (nSPS) is 18.0. The predicted octanol–water partition coefficient (Wildman–Crippen LogP) is -0.804. The number of fused-ring (bicyclic) bond motifs is 1. The summed E-state index contributed by atoms with van der Waals surface area (Å²) in [6.07, 6.45) is 1.53. The Balaban J connectivity index is 1.55. The fraction of sp³-hybridized carbons (Fsp3) is 0.452. The molecule has 2 aliphatic rings. The van der Waals surface area contributed by atoms with E-state index in [0.29, 0.717) is 17.7 Å². The summed E-state index contributed by atoms with van der Waals surface area (Å²) >= 11 is 2.15. The molecule has 18 nitrogen and oxygen atoms in total. The number of ketones is 1. The highest BCUT2D eigenvalue weighted by atomic mass is 32.2. The van der Waals surface area contributed by atoms with E-state index in [4.69, 9.17) is 9.57 Å². The molecular weight excluding hydrogens is 711 g/mol. The summed E-state index contributed by atoms with van der Waals surface area (Å²) in [5.41, 5.74) is -3.51. The molecule has 0 saturated carbocycles. The molecule has 0 spiro atoms. The number of aromatic amines is 1. The smallest absolute Gasteiger partial charge is 0.379 e. The molecule has 0 bridgehead atoms. The number of likely N-dealkylation sites (N-methyl/N-ethyl adjacent to an activating group) is 1. The number of thiazole rings is 1. The lowest BCUT2D eigenvalue weighted by atomic mass is 10.0. The zero-order chi connectivity index (χ0) is 38.1. The molecule has 2 aromatic rings. The van der Waals surface area contributed by atoms with Gasteiger partial charge in [-0.2, -0.15) is 0 Å². The molecule has 20 heteroatoms. The number of carbonyl (C=O) groups excluding carboxylic acids is 6. The second-order valence-electron chi connectivity index (χ2n) is 13.7. The van der Waals surface area contributed by atoms with Gasteiger partial charge in [0.15, 0.2) is 16.6 Å². The quantitative estimate of drug-likeness (QED) is 0.0352. The molecule has 0 unspecified atom stereocenters. The number of anilines is 1. The molecule has 2 aliphatic heterocycles. The van der Waals surface area contributed by atoms with Crippen molar-refractivity contribution in [1.29, 1.82) is 0 Å². The molecule has 2 atom stereocenters. The molecule has 274 valence electrons. The lowest BCUT2D eigenvalue weighted by Gasteiger charge is -2.51. The van der Waals surface area contributed by atoms with E-state index in [0.717, 1.165) is 16.2 Å². The van der Waals surface area contributed by atoms with Gasteiger partial charge in [0, 0.05) is 29.0 Å². The molecule has 4 rings (SSSR count). The maximum atomic E-state index is 13.6. The van der Waals surface area contributed by atoms with E-state index in [1.165, 1.54) is 43.3 Å². The van der Waals surface area contributed by atoms with Crippen LogP contribution in [0.1, 0.15) is 46.0 Å². The molecule has 1 fully saturated rings. The number of rotatable bonds is 14. The highest BCUT2D eigenvalue weighted by Crippen LogP contribution is 2.40. The number of Topliss-reactive ketones (excluding diaryl/α,β-unsaturated/α-hetero) is 1. The molecule has 1 saturated heterocycles. The largest absolute Gasteiger partial charge is 0.543 e. The Labute approximate surface area is 299 Å². The Bertz CT molecular complexity index is 1890. The van der Waals surface area contributed by atoms with E-state index in [1.807, 2.05) is 0 Å². The summed E-state index contributed by atoms with van der Waals surface area (Å²) in [5.74, 6) is -5.88. The van der Waals surface area contributed by atoms with Crippen molar-refractivity contribution in [1.82, 2.24) is 20.2 Å². The number of carboxylic acid groups (broad SMARTS) is 1. The minimum absolute atomic E-state index is 0.0905. The zero-order valence-corrected chi connectivity index (χ0v) is 30.4. The number of esters is 1. The molecule has 4 heterocycles. The Hall–Kier alpha value is -5.08. The Morgan fingerprint density at radius 3 is 2.49 bits per heavy atom. The lowest BCUT2D eigenvalue weighted by molar-refractivity contribution is -0.899. The lowest BCUT2D eigenvalue weighted by Crippen LogP contribution is -2.71. The molecule has 3 amide bonds. The second kappa shape index (κ2) is 14.6. The maximum Gasteiger partial charge on any atom is 0.379 e. The molecule has 51 heavy (non-hydrogen) atoms. The number of thioether (sulfide) groups is 1. The third-order valence-corrected chi connectivity index (χ3v) is 9.45. The second-order valence-corrected chi connectivity index (χ2v) is 15.7. The van der Waals surface area contributed by atoms with Crippen molar-refractivity contribution in [2.45, 2.75) is 63.8 Å². The van der Waals surface area contributed by atoms with Crippen molar-refractivity contribution >= 4 is 69.9 Å². The van der Waals surface area contributed by atoms with Crippen molar-refractivity contribution in [2.24, 2.45) is 5.16 Å². The highest BCUT2D eigenvalue weighted by Gasteiger charge is 2.53. The maximum absolute atomic E-state index is 13.6. The van der Waals surface area contributed by atoms with Crippen LogP contribution in [0.2, 0.25) is 0 Å². The highest BCUT2D eigenvalue weighted by molar-refractivity contribution is 8.00. The first kappa shape index (κ1) is 38.7. The van der Waals surface area contributed by atoms with E-state index in [-0.39, 0.29) is 39.8 Å². The number of hydrogen-bond acceptors (Lipinski definition) is 15. The summed E-state index contributed by atoms with van der Waals surface area (Å²) in [4.78, 5) is 101. The topological polar surface area (TPSA) is 250 Å². The third-order valence-electron chi connectivity index (χ3n) is 7.34. The van der Waals surface area contributed by atoms with E-state index in [1.54, 1.807) is 34.9 Å². The van der Waals surface area contributed by atoms with Crippen LogP contribution in [0.5, 0.6) is 5.75 Å². The first-order valence-corrected chi connectivity index (χ1v) is 17.2. The van der Waals surface area contributed by atoms with Gasteiger partial charge in [-0.15, -0.1) is 23.1 Å². The van der Waals surface area contributed by atoms with Crippen LogP contribution in [-0.4, -0.2) is 115 Å². The van der Waals surface area contributed by atoms with Crippen LogP contribution in [0.3, 0.4) is 0 Å². The number of oxime groups is 1. The number of β-lactam (4-membered cyclic amide) rings is 1. The van der Waals surface area contributed by atoms with Crippen molar-refractivity contribution in [3.8, 4) is 5.75 Å². The molecule has 2 aromatic heterocycles. The molecule has 0 aliphatic carbocycles. The van der Waals surface area contributed by atoms with Crippen LogP contribution in [0.25, 0.3) is 0 Å². The summed E-state index contributed by atoms with van der Waals surface area (Å²) in [7, 11) is 3.59. The number of aliphatic carboxylic acids is 1. The number of aromatic hydroxyl groups is 1. The number of hydrogen-bond donors (Lipinski definition) is 4. The number of quaternary nitrogens is 1. The van der Waals surface area contributed by atoms with Gasteiger partial charge in [0.25, 0.3) is 17.6 Å². The number of amides is 3. The Morgan fingerprint density at radius 2 is 1.88 bits per heavy atom. The first-order valence-electron chi connectivity index (χ1n) is 15.3. The van der Waals surface area contributed by atoms with Gasteiger partial charge in [-0.25, -0.2) is 9.78 Å². The fourth-order valence-corrected chi connectivity index (χ4v) is 7.10. The number of carboxylic acids is 1. The van der Waals surface area contributed by atoms with Gasteiger partial charge in [0.05, 0.1) is 31.5 Å². The van der Waals surface area contributed by atoms with Gasteiger partial charge in [0.1, 0.15) is 35.8 Å². The van der Waals surface area contributed by atoms with E-state index in [9.17, 15) is 43.8 Å². The van der Waals surface area contributed by atoms with Gasteiger partial charge < -0.3 is 44.7 Å². The van der Waals surface area contributed by atoms with Gasteiger partial charge in [-0.1, -0.05) is 5.16 Å². The third kappa shape index (κ3) is 8.99. The van der Waals surface area contributed by atoms with Crippen LogP contribution in [0.4, 0.5) is 5.13 Å².